The number of halogens is 2. The van der Waals surface area contributed by atoms with Gasteiger partial charge in [-0.15, -0.1) is 11.3 Å². The lowest BCUT2D eigenvalue weighted by atomic mass is 10.2. The minimum absolute atomic E-state index is 0.148. The number of anilines is 1. The van der Waals surface area contributed by atoms with Crippen molar-refractivity contribution in [1.82, 2.24) is 10.2 Å². The summed E-state index contributed by atoms with van der Waals surface area (Å²) in [7, 11) is -3.67. The lowest BCUT2D eigenvalue weighted by molar-refractivity contribution is 0.603. The Balaban J connectivity index is 2.03. The Hall–Kier alpha value is -1.09. The van der Waals surface area contributed by atoms with E-state index in [1.807, 2.05) is 6.07 Å². The monoisotopic (exact) mass is 391 g/mol. The third-order valence-corrected chi connectivity index (χ3v) is 6.93. The van der Waals surface area contributed by atoms with Crippen LogP contribution in [-0.2, 0) is 10.0 Å². The fourth-order valence-corrected chi connectivity index (χ4v) is 5.19. The van der Waals surface area contributed by atoms with Gasteiger partial charge in [-0.3, -0.25) is 9.82 Å². The number of hydrogen-bond acceptors (Lipinski definition) is 4. The quantitative estimate of drug-likeness (QED) is 0.711. The van der Waals surface area contributed by atoms with Gasteiger partial charge < -0.3 is 0 Å². The van der Waals surface area contributed by atoms with E-state index in [0.717, 1.165) is 16.9 Å². The Morgan fingerprint density at radius 2 is 2.20 bits per heavy atom. The van der Waals surface area contributed by atoms with E-state index >= 15 is 0 Å². The Morgan fingerprint density at radius 3 is 2.90 bits per heavy atom. The van der Waals surface area contributed by atoms with Crippen LogP contribution < -0.4 is 4.72 Å². The first-order valence-corrected chi connectivity index (χ1v) is 8.84. The lowest BCUT2D eigenvalue weighted by Crippen LogP contribution is -2.11. The number of nitrogens with one attached hydrogen (secondary N) is 2. The van der Waals surface area contributed by atoms with Gasteiger partial charge in [0.1, 0.15) is 4.21 Å². The third-order valence-electron chi connectivity index (χ3n) is 2.62. The molecule has 20 heavy (non-hydrogen) atoms. The summed E-state index contributed by atoms with van der Waals surface area (Å²) in [6.45, 7) is 0. The number of H-pyrrole nitrogens is 1. The van der Waals surface area contributed by atoms with Crippen LogP contribution in [0.1, 0.15) is 0 Å². The number of rotatable bonds is 3. The van der Waals surface area contributed by atoms with Gasteiger partial charge >= 0.3 is 0 Å². The zero-order valence-corrected chi connectivity index (χ0v) is 13.7. The minimum Gasteiger partial charge on any atom is -0.278 e. The number of benzene rings is 1. The van der Waals surface area contributed by atoms with E-state index in [1.165, 1.54) is 6.07 Å². The Labute approximate surface area is 132 Å². The molecule has 5 nitrogen and oxygen atoms in total. The molecule has 2 heterocycles. The smallest absolute Gasteiger partial charge is 0.271 e. The molecule has 9 heteroatoms. The maximum Gasteiger partial charge on any atom is 0.271 e. The summed E-state index contributed by atoms with van der Waals surface area (Å²) >= 11 is 10.1. The molecule has 2 N–H and O–H groups in total. The number of hydrogen-bond donors (Lipinski definition) is 2. The first-order valence-electron chi connectivity index (χ1n) is 5.37. The van der Waals surface area contributed by atoms with Crippen LogP contribution in [0.15, 0.2) is 38.5 Å². The van der Waals surface area contributed by atoms with Crippen molar-refractivity contribution in [3.8, 4) is 0 Å². The Morgan fingerprint density at radius 1 is 1.40 bits per heavy atom. The normalized spacial score (nSPS) is 11.9. The average molecular weight is 393 g/mol. The van der Waals surface area contributed by atoms with Gasteiger partial charge in [-0.05, 0) is 34.1 Å². The fourth-order valence-electron chi connectivity index (χ4n) is 1.71. The largest absolute Gasteiger partial charge is 0.278 e. The molecule has 1 aromatic carbocycles. The molecule has 0 aliphatic rings. The molecule has 0 aliphatic heterocycles. The molecule has 0 amide bonds. The highest BCUT2D eigenvalue weighted by molar-refractivity contribution is 9.11. The molecule has 3 rings (SSSR count). The number of fused-ring (bicyclic) bond motifs is 1. The summed E-state index contributed by atoms with van der Waals surface area (Å²) in [5.41, 5.74) is 1.23. The van der Waals surface area contributed by atoms with Crippen molar-refractivity contribution in [2.75, 3.05) is 4.72 Å². The van der Waals surface area contributed by atoms with E-state index in [9.17, 15) is 8.42 Å². The predicted molar refractivity (Wildman–Crippen MR) is 83.9 cm³/mol. The van der Waals surface area contributed by atoms with Gasteiger partial charge in [0.15, 0.2) is 0 Å². The fraction of sp³-hybridized carbons (Fsp3) is 0. The van der Waals surface area contributed by atoms with E-state index < -0.39 is 10.0 Å². The van der Waals surface area contributed by atoms with Crippen LogP contribution in [0.5, 0.6) is 0 Å². The SMILES string of the molecule is O=S(=O)(Nc1cccc2[nH]ncc12)c1cc(Cl)c(Br)s1. The highest BCUT2D eigenvalue weighted by atomic mass is 79.9. The number of nitrogens with zero attached hydrogens (tertiary/aromatic N) is 1. The number of aromatic amines is 1. The molecule has 104 valence electrons. The molecule has 0 spiro atoms. The van der Waals surface area contributed by atoms with Gasteiger partial charge in [-0.2, -0.15) is 5.10 Å². The molecule has 0 atom stereocenters. The number of thiophene rings is 1. The molecule has 0 bridgehead atoms. The van der Waals surface area contributed by atoms with Crippen molar-refractivity contribution in [2.45, 2.75) is 4.21 Å². The summed E-state index contributed by atoms with van der Waals surface area (Å²) in [5.74, 6) is 0. The standard InChI is InChI=1S/C11H7BrClN3O2S2/c12-11-7(13)4-10(19-11)20(17,18)16-9-3-1-2-8-6(9)5-14-15-8/h1-5,16H,(H,14,15). The van der Waals surface area contributed by atoms with Crippen molar-refractivity contribution in [3.05, 3.63) is 39.3 Å². The summed E-state index contributed by atoms with van der Waals surface area (Å²) in [5, 5.41) is 7.76. The van der Waals surface area contributed by atoms with Crippen molar-refractivity contribution in [3.63, 3.8) is 0 Å². The second-order valence-corrected chi connectivity index (χ2v) is 8.62. The average Bonchev–Trinajstić information content (AvgIpc) is 2.98. The van der Waals surface area contributed by atoms with Crippen LogP contribution >= 0.6 is 38.9 Å². The summed E-state index contributed by atoms with van der Waals surface area (Å²) in [4.78, 5) is 0. The molecule has 0 saturated carbocycles. The van der Waals surface area contributed by atoms with E-state index in [2.05, 4.69) is 30.8 Å². The zero-order chi connectivity index (χ0) is 14.3. The van der Waals surface area contributed by atoms with Crippen LogP contribution in [0.4, 0.5) is 5.69 Å². The first kappa shape index (κ1) is 13.9. The lowest BCUT2D eigenvalue weighted by Gasteiger charge is -2.06. The van der Waals surface area contributed by atoms with Gasteiger partial charge in [0.05, 0.1) is 26.2 Å². The van der Waals surface area contributed by atoms with Gasteiger partial charge in [-0.25, -0.2) is 8.42 Å². The highest BCUT2D eigenvalue weighted by Crippen LogP contribution is 2.35. The van der Waals surface area contributed by atoms with Gasteiger partial charge in [0, 0.05) is 5.39 Å². The predicted octanol–water partition coefficient (Wildman–Crippen LogP) is 3.84. The summed E-state index contributed by atoms with van der Waals surface area (Å²) < 4.78 is 27.9. The molecule has 0 saturated heterocycles. The molecule has 2 aromatic heterocycles. The van der Waals surface area contributed by atoms with Crippen molar-refractivity contribution < 1.29 is 8.42 Å². The summed E-state index contributed by atoms with van der Waals surface area (Å²) in [6, 6.07) is 6.65. The van der Waals surface area contributed by atoms with Crippen molar-refractivity contribution in [2.24, 2.45) is 0 Å². The van der Waals surface area contributed by atoms with E-state index in [1.54, 1.807) is 18.3 Å². The van der Waals surface area contributed by atoms with E-state index in [0.29, 0.717) is 19.9 Å². The Bertz CT molecular complexity index is 869. The number of sulfonamides is 1. The summed E-state index contributed by atoms with van der Waals surface area (Å²) in [6.07, 6.45) is 1.57. The molecular formula is C11H7BrClN3O2S2. The van der Waals surface area contributed by atoms with Crippen LogP contribution in [-0.4, -0.2) is 18.6 Å². The Kier molecular flexibility index (Phi) is 3.49. The zero-order valence-electron chi connectivity index (χ0n) is 9.72. The second-order valence-electron chi connectivity index (χ2n) is 3.93. The van der Waals surface area contributed by atoms with Gasteiger partial charge in [0.25, 0.3) is 10.0 Å². The topological polar surface area (TPSA) is 74.8 Å². The highest BCUT2D eigenvalue weighted by Gasteiger charge is 2.20. The third kappa shape index (κ3) is 2.44. The van der Waals surface area contributed by atoms with Crippen molar-refractivity contribution in [1.29, 1.82) is 0 Å². The second kappa shape index (κ2) is 5.03. The first-order chi connectivity index (χ1) is 9.47. The van der Waals surface area contributed by atoms with Gasteiger partial charge in [-0.1, -0.05) is 17.7 Å². The molecule has 0 radical (unpaired) electrons. The van der Waals surface area contributed by atoms with Crippen LogP contribution in [0.3, 0.4) is 0 Å². The van der Waals surface area contributed by atoms with E-state index in [4.69, 9.17) is 11.6 Å². The molecule has 0 fully saturated rings. The maximum absolute atomic E-state index is 12.3. The van der Waals surface area contributed by atoms with E-state index in [-0.39, 0.29) is 4.21 Å². The van der Waals surface area contributed by atoms with Crippen molar-refractivity contribution >= 4 is 65.5 Å². The van der Waals surface area contributed by atoms with Crippen LogP contribution in [0.25, 0.3) is 10.9 Å². The molecular weight excluding hydrogens is 386 g/mol. The van der Waals surface area contributed by atoms with Crippen LogP contribution in [0.2, 0.25) is 5.02 Å². The molecule has 0 unspecified atom stereocenters. The number of aromatic nitrogens is 2. The maximum atomic E-state index is 12.3. The molecule has 0 aliphatic carbocycles. The minimum atomic E-state index is -3.67. The van der Waals surface area contributed by atoms with Gasteiger partial charge in [0.2, 0.25) is 0 Å². The van der Waals surface area contributed by atoms with Crippen LogP contribution in [0, 0.1) is 0 Å². The molecule has 3 aromatic rings.